The van der Waals surface area contributed by atoms with Gasteiger partial charge in [-0.1, -0.05) is 103 Å². The second-order valence-electron chi connectivity index (χ2n) is 10.1. The Morgan fingerprint density at radius 1 is 0.714 bits per heavy atom. The Balaban J connectivity index is 1.67. The predicted octanol–water partition coefficient (Wildman–Crippen LogP) is 4.54. The summed E-state index contributed by atoms with van der Waals surface area (Å²) in [4.78, 5) is 29.2. The first kappa shape index (κ1) is 30.6. The molecule has 9 heteroatoms. The third kappa shape index (κ3) is 9.09. The van der Waals surface area contributed by atoms with E-state index in [1.807, 2.05) is 66.7 Å². The van der Waals surface area contributed by atoms with E-state index in [0.717, 1.165) is 27.3 Å². The fraction of sp³-hybridized carbons (Fsp3) is 0.212. The van der Waals surface area contributed by atoms with Crippen molar-refractivity contribution in [2.75, 3.05) is 12.8 Å². The number of nitrogens with one attached hydrogen (secondary N) is 1. The molecular formula is C33H34FN3O4S. The van der Waals surface area contributed by atoms with Gasteiger partial charge in [0.2, 0.25) is 21.8 Å². The van der Waals surface area contributed by atoms with E-state index in [1.165, 1.54) is 17.0 Å². The van der Waals surface area contributed by atoms with Crippen LogP contribution in [-0.4, -0.2) is 48.3 Å². The molecule has 218 valence electrons. The summed E-state index contributed by atoms with van der Waals surface area (Å²) in [5.74, 6) is -1.35. The molecule has 0 aromatic heterocycles. The van der Waals surface area contributed by atoms with E-state index >= 15 is 0 Å². The Kier molecular flexibility index (Phi) is 10.6. The summed E-state index contributed by atoms with van der Waals surface area (Å²) >= 11 is 0. The average molecular weight is 588 g/mol. The van der Waals surface area contributed by atoms with Crippen LogP contribution in [0, 0.1) is 5.82 Å². The first-order valence-electron chi connectivity index (χ1n) is 13.6. The van der Waals surface area contributed by atoms with Crippen molar-refractivity contribution in [1.82, 2.24) is 14.5 Å². The smallest absolute Gasteiger partial charge is 0.243 e. The van der Waals surface area contributed by atoms with Crippen LogP contribution in [0.5, 0.6) is 0 Å². The van der Waals surface area contributed by atoms with E-state index in [1.54, 1.807) is 36.4 Å². The molecule has 0 fully saturated rings. The number of nitrogens with zero attached hydrogens (tertiary/aromatic N) is 2. The topological polar surface area (TPSA) is 86.8 Å². The SMILES string of the molecule is CS(=O)(=O)N(CC(=O)N(Cc1ccc(F)cc1)[C@H](Cc1ccccc1)C(=O)NCc1ccccc1)Cc1ccccc1. The highest BCUT2D eigenvalue weighted by Crippen LogP contribution is 2.18. The quantitative estimate of drug-likeness (QED) is 0.249. The zero-order valence-corrected chi connectivity index (χ0v) is 24.2. The van der Waals surface area contributed by atoms with Crippen LogP contribution in [0.15, 0.2) is 115 Å². The van der Waals surface area contributed by atoms with Crippen molar-refractivity contribution in [3.05, 3.63) is 143 Å². The van der Waals surface area contributed by atoms with Crippen LogP contribution in [0.2, 0.25) is 0 Å². The monoisotopic (exact) mass is 587 g/mol. The fourth-order valence-corrected chi connectivity index (χ4v) is 5.29. The molecule has 0 saturated carbocycles. The van der Waals surface area contributed by atoms with Crippen LogP contribution < -0.4 is 5.32 Å². The van der Waals surface area contributed by atoms with Crippen molar-refractivity contribution in [3.63, 3.8) is 0 Å². The molecule has 0 spiro atoms. The Hall–Kier alpha value is -4.34. The summed E-state index contributed by atoms with van der Waals surface area (Å²) in [7, 11) is -3.79. The van der Waals surface area contributed by atoms with E-state index in [9.17, 15) is 22.4 Å². The second-order valence-corrected chi connectivity index (χ2v) is 12.1. The number of sulfonamides is 1. The molecule has 4 rings (SSSR count). The zero-order chi connectivity index (χ0) is 30.0. The predicted molar refractivity (Wildman–Crippen MR) is 161 cm³/mol. The van der Waals surface area contributed by atoms with Gasteiger partial charge in [0, 0.05) is 26.1 Å². The fourth-order valence-electron chi connectivity index (χ4n) is 4.56. The van der Waals surface area contributed by atoms with Gasteiger partial charge in [0.1, 0.15) is 11.9 Å². The van der Waals surface area contributed by atoms with E-state index in [4.69, 9.17) is 0 Å². The zero-order valence-electron chi connectivity index (χ0n) is 23.4. The molecule has 1 atom stereocenters. The Morgan fingerprint density at radius 2 is 1.21 bits per heavy atom. The van der Waals surface area contributed by atoms with E-state index in [0.29, 0.717) is 5.56 Å². The number of benzene rings is 4. The molecule has 0 bridgehead atoms. The van der Waals surface area contributed by atoms with Crippen molar-refractivity contribution in [3.8, 4) is 0 Å². The summed E-state index contributed by atoms with van der Waals surface area (Å²) in [6, 6.07) is 32.4. The third-order valence-electron chi connectivity index (χ3n) is 6.83. The summed E-state index contributed by atoms with van der Waals surface area (Å²) in [5.41, 5.74) is 3.06. The van der Waals surface area contributed by atoms with Crippen LogP contribution in [-0.2, 0) is 45.7 Å². The Labute approximate surface area is 246 Å². The minimum Gasteiger partial charge on any atom is -0.350 e. The lowest BCUT2D eigenvalue weighted by atomic mass is 10.0. The van der Waals surface area contributed by atoms with Gasteiger partial charge in [-0.15, -0.1) is 0 Å². The number of halogens is 1. The first-order chi connectivity index (χ1) is 20.2. The van der Waals surface area contributed by atoms with Crippen LogP contribution in [0.25, 0.3) is 0 Å². The molecule has 0 saturated heterocycles. The van der Waals surface area contributed by atoms with Crippen molar-refractivity contribution < 1.29 is 22.4 Å². The lowest BCUT2D eigenvalue weighted by Gasteiger charge is -2.33. The molecule has 0 aliphatic rings. The summed E-state index contributed by atoms with van der Waals surface area (Å²) in [6.07, 6.45) is 1.26. The minimum atomic E-state index is -3.79. The maximum Gasteiger partial charge on any atom is 0.243 e. The lowest BCUT2D eigenvalue weighted by molar-refractivity contribution is -0.141. The van der Waals surface area contributed by atoms with Crippen molar-refractivity contribution in [2.24, 2.45) is 0 Å². The molecule has 0 aliphatic carbocycles. The number of carbonyl (C=O) groups excluding carboxylic acids is 2. The maximum absolute atomic E-state index is 14.0. The second kappa shape index (κ2) is 14.5. The van der Waals surface area contributed by atoms with Crippen LogP contribution >= 0.6 is 0 Å². The van der Waals surface area contributed by atoms with Gasteiger partial charge in [-0.05, 0) is 34.4 Å². The number of hydrogen-bond acceptors (Lipinski definition) is 4. The largest absolute Gasteiger partial charge is 0.350 e. The Bertz CT molecular complexity index is 1550. The molecule has 1 N–H and O–H groups in total. The molecule has 42 heavy (non-hydrogen) atoms. The third-order valence-corrected chi connectivity index (χ3v) is 8.03. The lowest BCUT2D eigenvalue weighted by Crippen LogP contribution is -2.53. The highest BCUT2D eigenvalue weighted by atomic mass is 32.2. The molecule has 4 aromatic rings. The number of hydrogen-bond donors (Lipinski definition) is 1. The minimum absolute atomic E-state index is 0.000638. The van der Waals surface area contributed by atoms with Crippen LogP contribution in [0.1, 0.15) is 22.3 Å². The molecule has 0 unspecified atom stereocenters. The van der Waals surface area contributed by atoms with Crippen molar-refractivity contribution in [1.29, 1.82) is 0 Å². The normalized spacial score (nSPS) is 12.1. The Morgan fingerprint density at radius 3 is 1.76 bits per heavy atom. The van der Waals surface area contributed by atoms with E-state index in [2.05, 4.69) is 5.32 Å². The van der Waals surface area contributed by atoms with Crippen molar-refractivity contribution >= 4 is 21.8 Å². The molecule has 0 heterocycles. The van der Waals surface area contributed by atoms with Gasteiger partial charge in [0.15, 0.2) is 0 Å². The maximum atomic E-state index is 14.0. The van der Waals surface area contributed by atoms with Gasteiger partial charge in [-0.2, -0.15) is 4.31 Å². The number of rotatable bonds is 13. The van der Waals surface area contributed by atoms with Crippen LogP contribution in [0.3, 0.4) is 0 Å². The number of carbonyl (C=O) groups is 2. The molecule has 7 nitrogen and oxygen atoms in total. The van der Waals surface area contributed by atoms with Gasteiger partial charge < -0.3 is 10.2 Å². The standard InChI is InChI=1S/C33H34FN3O4S/c1-42(40,41)36(23-28-15-9-4-10-16-28)25-32(38)37(24-29-17-19-30(34)20-18-29)31(21-26-11-5-2-6-12-26)33(39)35-22-27-13-7-3-8-14-27/h2-20,31H,21-25H2,1H3,(H,35,39)/t31-/m1/s1. The molecule has 2 amide bonds. The summed E-state index contributed by atoms with van der Waals surface area (Å²) < 4.78 is 40.4. The van der Waals surface area contributed by atoms with Gasteiger partial charge in [0.25, 0.3) is 0 Å². The van der Waals surface area contributed by atoms with E-state index < -0.39 is 34.3 Å². The molecule has 4 aromatic carbocycles. The van der Waals surface area contributed by atoms with Crippen LogP contribution in [0.4, 0.5) is 4.39 Å². The molecule has 0 radical (unpaired) electrons. The molecule has 0 aliphatic heterocycles. The molecular weight excluding hydrogens is 553 g/mol. The highest BCUT2D eigenvalue weighted by Gasteiger charge is 2.32. The van der Waals surface area contributed by atoms with Crippen molar-refractivity contribution in [2.45, 2.75) is 32.1 Å². The number of amides is 2. The van der Waals surface area contributed by atoms with Gasteiger partial charge in [0.05, 0.1) is 12.8 Å². The summed E-state index contributed by atoms with van der Waals surface area (Å²) in [5, 5.41) is 2.95. The van der Waals surface area contributed by atoms with Gasteiger partial charge >= 0.3 is 0 Å². The van der Waals surface area contributed by atoms with Gasteiger partial charge in [-0.3, -0.25) is 9.59 Å². The summed E-state index contributed by atoms with van der Waals surface area (Å²) in [6.45, 7) is -0.225. The average Bonchev–Trinajstić information content (AvgIpc) is 2.99. The van der Waals surface area contributed by atoms with E-state index in [-0.39, 0.29) is 32.0 Å². The first-order valence-corrected chi connectivity index (χ1v) is 15.4. The highest BCUT2D eigenvalue weighted by molar-refractivity contribution is 7.88. The van der Waals surface area contributed by atoms with Gasteiger partial charge in [-0.25, -0.2) is 12.8 Å².